The van der Waals surface area contributed by atoms with Gasteiger partial charge in [-0.15, -0.1) is 0 Å². The topological polar surface area (TPSA) is 80.7 Å². The van der Waals surface area contributed by atoms with Gasteiger partial charge >= 0.3 is 0 Å². The SMILES string of the molecule is COc1ccccc1CN1CCOC(C(=O)N(Cc2ccc3c(c2)OC[C@H](O)CO3)CC(C)C)C1. The van der Waals surface area contributed by atoms with Crippen molar-refractivity contribution in [3.63, 3.8) is 0 Å². The van der Waals surface area contributed by atoms with E-state index >= 15 is 0 Å². The fraction of sp³-hybridized carbons (Fsp3) is 0.519. The summed E-state index contributed by atoms with van der Waals surface area (Å²) in [4.78, 5) is 17.7. The number of hydrogen-bond donors (Lipinski definition) is 1. The number of ether oxygens (including phenoxy) is 4. The third-order valence-electron chi connectivity index (χ3n) is 6.15. The van der Waals surface area contributed by atoms with Crippen LogP contribution in [0.25, 0.3) is 0 Å². The summed E-state index contributed by atoms with van der Waals surface area (Å²) in [6, 6.07) is 13.6. The van der Waals surface area contributed by atoms with Crippen LogP contribution in [0.15, 0.2) is 42.5 Å². The van der Waals surface area contributed by atoms with Crippen molar-refractivity contribution < 1.29 is 28.8 Å². The molecular weight excluding hydrogens is 448 g/mol. The molecule has 0 spiro atoms. The maximum Gasteiger partial charge on any atom is 0.253 e. The molecule has 8 nitrogen and oxygen atoms in total. The lowest BCUT2D eigenvalue weighted by Gasteiger charge is -2.35. The maximum absolute atomic E-state index is 13.6. The minimum atomic E-state index is -0.660. The summed E-state index contributed by atoms with van der Waals surface area (Å²) in [7, 11) is 1.68. The molecule has 2 aliphatic heterocycles. The second-order valence-electron chi connectivity index (χ2n) is 9.58. The molecule has 4 rings (SSSR count). The Balaban J connectivity index is 1.45. The van der Waals surface area contributed by atoms with Gasteiger partial charge in [0.1, 0.15) is 31.2 Å². The predicted molar refractivity (Wildman–Crippen MR) is 132 cm³/mol. The standard InChI is InChI=1S/C27H36N2O6/c1-19(2)13-29(14-20-8-9-24-25(12-20)35-18-22(30)17-34-24)27(31)26-16-28(10-11-33-26)15-21-6-4-5-7-23(21)32-3/h4-9,12,19,22,26,30H,10-11,13-18H2,1-3H3/t22-,26?/m1/s1. The van der Waals surface area contributed by atoms with E-state index in [1.807, 2.05) is 41.3 Å². The fourth-order valence-electron chi connectivity index (χ4n) is 4.47. The summed E-state index contributed by atoms with van der Waals surface area (Å²) in [6.45, 7) is 8.17. The molecule has 0 saturated carbocycles. The van der Waals surface area contributed by atoms with Crippen molar-refractivity contribution in [2.24, 2.45) is 5.92 Å². The highest BCUT2D eigenvalue weighted by atomic mass is 16.5. The second-order valence-corrected chi connectivity index (χ2v) is 9.58. The monoisotopic (exact) mass is 484 g/mol. The lowest BCUT2D eigenvalue weighted by molar-refractivity contribution is -0.151. The van der Waals surface area contributed by atoms with E-state index in [9.17, 15) is 9.90 Å². The van der Waals surface area contributed by atoms with Crippen molar-refractivity contribution in [2.45, 2.75) is 39.1 Å². The van der Waals surface area contributed by atoms with Crippen molar-refractivity contribution in [3.8, 4) is 17.2 Å². The number of fused-ring (bicyclic) bond motifs is 1. The van der Waals surface area contributed by atoms with Crippen LogP contribution in [-0.4, -0.2) is 79.6 Å². The fourth-order valence-corrected chi connectivity index (χ4v) is 4.47. The highest BCUT2D eigenvalue weighted by molar-refractivity contribution is 5.81. The van der Waals surface area contributed by atoms with Crippen LogP contribution in [0, 0.1) is 5.92 Å². The first kappa shape index (κ1) is 25.3. The molecule has 2 aromatic rings. The predicted octanol–water partition coefficient (Wildman–Crippen LogP) is 2.71. The molecule has 0 aromatic heterocycles. The molecule has 1 amide bonds. The molecule has 0 radical (unpaired) electrons. The van der Waals surface area contributed by atoms with Crippen LogP contribution in [0.4, 0.5) is 0 Å². The molecule has 1 unspecified atom stereocenters. The van der Waals surface area contributed by atoms with Crippen molar-refractivity contribution in [1.29, 1.82) is 0 Å². The Hall–Kier alpha value is -2.81. The van der Waals surface area contributed by atoms with Gasteiger partial charge in [0, 0.05) is 38.3 Å². The van der Waals surface area contributed by atoms with Crippen LogP contribution in [0.3, 0.4) is 0 Å². The molecular formula is C27H36N2O6. The number of hydrogen-bond acceptors (Lipinski definition) is 7. The molecule has 2 aromatic carbocycles. The largest absolute Gasteiger partial charge is 0.496 e. The maximum atomic E-state index is 13.6. The van der Waals surface area contributed by atoms with E-state index in [1.54, 1.807) is 7.11 Å². The van der Waals surface area contributed by atoms with Crippen LogP contribution >= 0.6 is 0 Å². The normalized spacial score (nSPS) is 20.4. The van der Waals surface area contributed by atoms with Crippen molar-refractivity contribution in [3.05, 3.63) is 53.6 Å². The molecule has 2 atom stereocenters. The third-order valence-corrected chi connectivity index (χ3v) is 6.15. The van der Waals surface area contributed by atoms with Crippen molar-refractivity contribution in [1.82, 2.24) is 9.80 Å². The zero-order valence-electron chi connectivity index (χ0n) is 20.8. The lowest BCUT2D eigenvalue weighted by atomic mass is 10.1. The van der Waals surface area contributed by atoms with Gasteiger partial charge < -0.3 is 29.0 Å². The van der Waals surface area contributed by atoms with Gasteiger partial charge in [0.15, 0.2) is 11.5 Å². The summed E-state index contributed by atoms with van der Waals surface area (Å²) in [5, 5.41) is 9.81. The van der Waals surface area contributed by atoms with E-state index in [2.05, 4.69) is 24.8 Å². The molecule has 8 heteroatoms. The summed E-state index contributed by atoms with van der Waals surface area (Å²) < 4.78 is 22.8. The van der Waals surface area contributed by atoms with Gasteiger partial charge in [0.05, 0.1) is 13.7 Å². The van der Waals surface area contributed by atoms with E-state index in [1.165, 1.54) is 0 Å². The summed E-state index contributed by atoms with van der Waals surface area (Å²) >= 11 is 0. The molecule has 1 saturated heterocycles. The summed E-state index contributed by atoms with van der Waals surface area (Å²) in [5.41, 5.74) is 2.04. The van der Waals surface area contributed by atoms with E-state index in [4.69, 9.17) is 18.9 Å². The number of rotatable bonds is 8. The molecule has 0 aliphatic carbocycles. The molecule has 1 fully saturated rings. The Labute approximate surface area is 207 Å². The average Bonchev–Trinajstić information content (AvgIpc) is 3.04. The minimum Gasteiger partial charge on any atom is -0.496 e. The van der Waals surface area contributed by atoms with Gasteiger partial charge in [-0.1, -0.05) is 38.1 Å². The number of morpholine rings is 1. The number of benzene rings is 2. The summed E-state index contributed by atoms with van der Waals surface area (Å²) in [5.74, 6) is 2.35. The number of nitrogens with zero attached hydrogens (tertiary/aromatic N) is 2. The van der Waals surface area contributed by atoms with Gasteiger partial charge in [-0.3, -0.25) is 9.69 Å². The molecule has 2 heterocycles. The first-order valence-corrected chi connectivity index (χ1v) is 12.2. The zero-order valence-corrected chi connectivity index (χ0v) is 20.8. The van der Waals surface area contributed by atoms with Crippen LogP contribution in [0.2, 0.25) is 0 Å². The first-order valence-electron chi connectivity index (χ1n) is 12.2. The number of aliphatic hydroxyl groups excluding tert-OH is 1. The second kappa shape index (κ2) is 11.7. The number of para-hydroxylation sites is 1. The van der Waals surface area contributed by atoms with Crippen LogP contribution < -0.4 is 14.2 Å². The number of carbonyl (C=O) groups is 1. The molecule has 0 bridgehead atoms. The quantitative estimate of drug-likeness (QED) is 0.617. The number of aliphatic hydroxyl groups is 1. The molecule has 190 valence electrons. The average molecular weight is 485 g/mol. The number of methoxy groups -OCH3 is 1. The molecule has 2 aliphatic rings. The Morgan fingerprint density at radius 2 is 1.94 bits per heavy atom. The van der Waals surface area contributed by atoms with Crippen LogP contribution in [0.1, 0.15) is 25.0 Å². The van der Waals surface area contributed by atoms with Crippen LogP contribution in [-0.2, 0) is 22.6 Å². The highest BCUT2D eigenvalue weighted by Gasteiger charge is 2.31. The van der Waals surface area contributed by atoms with Crippen molar-refractivity contribution >= 4 is 5.91 Å². The lowest BCUT2D eigenvalue weighted by Crippen LogP contribution is -2.51. The van der Waals surface area contributed by atoms with Gasteiger partial charge in [0.2, 0.25) is 0 Å². The first-order chi connectivity index (χ1) is 16.9. The van der Waals surface area contributed by atoms with E-state index < -0.39 is 12.2 Å². The van der Waals surface area contributed by atoms with Crippen molar-refractivity contribution in [2.75, 3.05) is 46.6 Å². The van der Waals surface area contributed by atoms with Crippen LogP contribution in [0.5, 0.6) is 17.2 Å². The Kier molecular flexibility index (Phi) is 8.49. The third kappa shape index (κ3) is 6.66. The van der Waals surface area contributed by atoms with Gasteiger partial charge in [-0.25, -0.2) is 0 Å². The molecule has 1 N–H and O–H groups in total. The molecule has 35 heavy (non-hydrogen) atoms. The minimum absolute atomic E-state index is 0.00837. The van der Waals surface area contributed by atoms with Gasteiger partial charge in [-0.2, -0.15) is 0 Å². The summed E-state index contributed by atoms with van der Waals surface area (Å²) in [6.07, 6.45) is -1.18. The van der Waals surface area contributed by atoms with E-state index in [0.717, 1.165) is 23.4 Å². The van der Waals surface area contributed by atoms with Gasteiger partial charge in [0.25, 0.3) is 5.91 Å². The van der Waals surface area contributed by atoms with Gasteiger partial charge in [-0.05, 0) is 29.7 Å². The Morgan fingerprint density at radius 3 is 2.71 bits per heavy atom. The van der Waals surface area contributed by atoms with E-state index in [-0.39, 0.29) is 19.1 Å². The number of carbonyl (C=O) groups excluding carboxylic acids is 1. The van der Waals surface area contributed by atoms with E-state index in [0.29, 0.717) is 50.2 Å². The Bertz CT molecular complexity index is 997. The zero-order chi connectivity index (χ0) is 24.8. The smallest absolute Gasteiger partial charge is 0.253 e. The Morgan fingerprint density at radius 1 is 1.17 bits per heavy atom. The number of amides is 1. The highest BCUT2D eigenvalue weighted by Crippen LogP contribution is 2.31.